The molecule has 0 radical (unpaired) electrons. The van der Waals surface area contributed by atoms with Crippen LogP contribution in [0.4, 0.5) is 0 Å². The van der Waals surface area contributed by atoms with Gasteiger partial charge < -0.3 is 10.2 Å². The molecule has 2 heterocycles. The van der Waals surface area contributed by atoms with Crippen molar-refractivity contribution in [2.24, 2.45) is 5.92 Å². The van der Waals surface area contributed by atoms with E-state index >= 15 is 0 Å². The van der Waals surface area contributed by atoms with Crippen LogP contribution in [0.1, 0.15) is 92.9 Å². The van der Waals surface area contributed by atoms with Crippen molar-refractivity contribution in [2.45, 2.75) is 82.7 Å². The van der Waals surface area contributed by atoms with Crippen LogP contribution in [0.5, 0.6) is 0 Å². The lowest BCUT2D eigenvalue weighted by atomic mass is 9.96. The van der Waals surface area contributed by atoms with E-state index in [1.54, 1.807) is 0 Å². The Hall–Kier alpha value is -1.85. The minimum atomic E-state index is -0.0936. The van der Waals surface area contributed by atoms with E-state index in [1.807, 2.05) is 11.0 Å². The number of rotatable bonds is 4. The zero-order chi connectivity index (χ0) is 17.9. The zero-order valence-electron chi connectivity index (χ0n) is 15.5. The van der Waals surface area contributed by atoms with Gasteiger partial charge in [0, 0.05) is 18.5 Å². The van der Waals surface area contributed by atoms with Crippen molar-refractivity contribution in [3.05, 3.63) is 17.5 Å². The van der Waals surface area contributed by atoms with Crippen LogP contribution in [0.15, 0.2) is 6.07 Å². The van der Waals surface area contributed by atoms with Crippen molar-refractivity contribution in [3.8, 4) is 0 Å². The maximum Gasteiger partial charge on any atom is 0.271 e. The molecule has 6 nitrogen and oxygen atoms in total. The first kappa shape index (κ1) is 17.6. The Balaban J connectivity index is 1.45. The Labute approximate surface area is 155 Å². The van der Waals surface area contributed by atoms with E-state index in [4.69, 9.17) is 0 Å². The molecule has 3 aliphatic rings. The van der Waals surface area contributed by atoms with Crippen molar-refractivity contribution in [1.82, 2.24) is 20.4 Å². The molecule has 0 bridgehead atoms. The molecule has 1 aromatic rings. The third-order valence-corrected chi connectivity index (χ3v) is 6.37. The lowest BCUT2D eigenvalue weighted by Crippen LogP contribution is -2.41. The summed E-state index contributed by atoms with van der Waals surface area (Å²) in [5, 5.41) is 10.4. The SMILES string of the molecule is O=C(NC1CCCC1)c1cc(C2CCCCN2C(=O)C2CCCC2)[nH]n1. The van der Waals surface area contributed by atoms with Gasteiger partial charge in [-0.15, -0.1) is 0 Å². The summed E-state index contributed by atoms with van der Waals surface area (Å²) >= 11 is 0. The molecule has 0 spiro atoms. The lowest BCUT2D eigenvalue weighted by Gasteiger charge is -2.36. The van der Waals surface area contributed by atoms with E-state index in [0.29, 0.717) is 11.6 Å². The third kappa shape index (κ3) is 3.64. The summed E-state index contributed by atoms with van der Waals surface area (Å²) in [4.78, 5) is 27.5. The standard InChI is InChI=1S/C20H30N4O2/c25-19(21-15-9-3-4-10-15)17-13-16(22-23-17)18-11-5-6-12-24(18)20(26)14-7-1-2-8-14/h13-15,18H,1-12H2,(H,21,25)(H,22,23). The van der Waals surface area contributed by atoms with Crippen molar-refractivity contribution >= 4 is 11.8 Å². The minimum Gasteiger partial charge on any atom is -0.348 e. The zero-order valence-corrected chi connectivity index (χ0v) is 15.5. The molecule has 142 valence electrons. The summed E-state index contributed by atoms with van der Waals surface area (Å²) in [6.07, 6.45) is 12.0. The molecular formula is C20H30N4O2. The minimum absolute atomic E-state index is 0.0392. The summed E-state index contributed by atoms with van der Waals surface area (Å²) in [5.41, 5.74) is 1.36. The molecule has 6 heteroatoms. The number of nitrogens with zero attached hydrogens (tertiary/aromatic N) is 2. The van der Waals surface area contributed by atoms with Crippen molar-refractivity contribution < 1.29 is 9.59 Å². The van der Waals surface area contributed by atoms with Crippen LogP contribution in [0.2, 0.25) is 0 Å². The van der Waals surface area contributed by atoms with E-state index in [9.17, 15) is 9.59 Å². The predicted octanol–water partition coefficient (Wildman–Crippen LogP) is 3.33. The number of aromatic nitrogens is 2. The van der Waals surface area contributed by atoms with Crippen molar-refractivity contribution in [3.63, 3.8) is 0 Å². The lowest BCUT2D eigenvalue weighted by molar-refractivity contribution is -0.139. The molecule has 4 rings (SSSR count). The fourth-order valence-corrected chi connectivity index (χ4v) is 4.88. The Morgan fingerprint density at radius 3 is 2.46 bits per heavy atom. The number of hydrogen-bond acceptors (Lipinski definition) is 3. The number of H-pyrrole nitrogens is 1. The van der Waals surface area contributed by atoms with E-state index in [1.165, 1.54) is 25.7 Å². The Morgan fingerprint density at radius 1 is 1.00 bits per heavy atom. The first-order valence-corrected chi connectivity index (χ1v) is 10.4. The molecule has 26 heavy (non-hydrogen) atoms. The maximum atomic E-state index is 13.0. The number of aromatic amines is 1. The summed E-state index contributed by atoms with van der Waals surface area (Å²) in [6.45, 7) is 0.822. The van der Waals surface area contributed by atoms with Gasteiger partial charge in [0.05, 0.1) is 11.7 Å². The number of carbonyl (C=O) groups is 2. The Kier molecular flexibility index (Phi) is 5.27. The van der Waals surface area contributed by atoms with Gasteiger partial charge >= 0.3 is 0 Å². The number of nitrogens with one attached hydrogen (secondary N) is 2. The van der Waals surface area contributed by atoms with Crippen LogP contribution in [0.25, 0.3) is 0 Å². The highest BCUT2D eigenvalue weighted by Crippen LogP contribution is 2.35. The number of amides is 2. The second-order valence-electron chi connectivity index (χ2n) is 8.19. The highest BCUT2D eigenvalue weighted by Gasteiger charge is 2.34. The number of carbonyl (C=O) groups excluding carboxylic acids is 2. The second kappa shape index (κ2) is 7.80. The molecule has 1 aliphatic heterocycles. The van der Waals surface area contributed by atoms with Crippen LogP contribution in [0, 0.1) is 5.92 Å². The largest absolute Gasteiger partial charge is 0.348 e. The fourth-order valence-electron chi connectivity index (χ4n) is 4.88. The fraction of sp³-hybridized carbons (Fsp3) is 0.750. The molecule has 2 N–H and O–H groups in total. The van der Waals surface area contributed by atoms with E-state index in [0.717, 1.165) is 57.2 Å². The predicted molar refractivity (Wildman–Crippen MR) is 98.6 cm³/mol. The molecule has 1 atom stereocenters. The summed E-state index contributed by atoms with van der Waals surface area (Å²) < 4.78 is 0. The Bertz CT molecular complexity index is 644. The second-order valence-corrected chi connectivity index (χ2v) is 8.19. The molecule has 1 saturated heterocycles. The van der Waals surface area contributed by atoms with E-state index < -0.39 is 0 Å². The smallest absolute Gasteiger partial charge is 0.271 e. The first-order valence-electron chi connectivity index (χ1n) is 10.4. The van der Waals surface area contributed by atoms with Gasteiger partial charge in [0.2, 0.25) is 5.91 Å². The molecule has 0 aromatic carbocycles. The number of piperidine rings is 1. The highest BCUT2D eigenvalue weighted by atomic mass is 16.2. The van der Waals surface area contributed by atoms with Crippen LogP contribution < -0.4 is 5.32 Å². The van der Waals surface area contributed by atoms with Gasteiger partial charge in [-0.3, -0.25) is 14.7 Å². The normalized spacial score (nSPS) is 24.9. The van der Waals surface area contributed by atoms with Crippen molar-refractivity contribution in [2.75, 3.05) is 6.54 Å². The average Bonchev–Trinajstić information content (AvgIpc) is 3.42. The summed E-state index contributed by atoms with van der Waals surface area (Å²) in [5.74, 6) is 0.409. The molecule has 3 fully saturated rings. The van der Waals surface area contributed by atoms with Gasteiger partial charge in [-0.1, -0.05) is 25.7 Å². The summed E-state index contributed by atoms with van der Waals surface area (Å²) in [7, 11) is 0. The maximum absolute atomic E-state index is 13.0. The monoisotopic (exact) mass is 358 g/mol. The van der Waals surface area contributed by atoms with Crippen LogP contribution >= 0.6 is 0 Å². The number of likely N-dealkylation sites (tertiary alicyclic amines) is 1. The third-order valence-electron chi connectivity index (χ3n) is 6.37. The Morgan fingerprint density at radius 2 is 1.69 bits per heavy atom. The van der Waals surface area contributed by atoms with E-state index in [2.05, 4.69) is 15.5 Å². The van der Waals surface area contributed by atoms with Crippen LogP contribution in [0.3, 0.4) is 0 Å². The topological polar surface area (TPSA) is 78.1 Å². The molecule has 2 amide bonds. The summed E-state index contributed by atoms with van der Waals surface area (Å²) in [6, 6.07) is 2.19. The van der Waals surface area contributed by atoms with E-state index in [-0.39, 0.29) is 23.9 Å². The molecule has 2 saturated carbocycles. The average molecular weight is 358 g/mol. The van der Waals surface area contributed by atoms with Gasteiger partial charge in [0.25, 0.3) is 5.91 Å². The van der Waals surface area contributed by atoms with Crippen LogP contribution in [-0.2, 0) is 4.79 Å². The first-order chi connectivity index (χ1) is 12.7. The van der Waals surface area contributed by atoms with Crippen LogP contribution in [-0.4, -0.2) is 39.5 Å². The van der Waals surface area contributed by atoms with Crippen molar-refractivity contribution in [1.29, 1.82) is 0 Å². The molecule has 1 aromatic heterocycles. The van der Waals surface area contributed by atoms with Gasteiger partial charge in [-0.25, -0.2) is 0 Å². The highest BCUT2D eigenvalue weighted by molar-refractivity contribution is 5.92. The van der Waals surface area contributed by atoms with Gasteiger partial charge in [0.1, 0.15) is 5.69 Å². The molecule has 2 aliphatic carbocycles. The molecular weight excluding hydrogens is 328 g/mol. The quantitative estimate of drug-likeness (QED) is 0.866. The van der Waals surface area contributed by atoms with Gasteiger partial charge in [-0.05, 0) is 51.0 Å². The number of hydrogen-bond donors (Lipinski definition) is 2. The molecule has 1 unspecified atom stereocenters. The van der Waals surface area contributed by atoms with Gasteiger partial charge in [0.15, 0.2) is 0 Å². The van der Waals surface area contributed by atoms with Gasteiger partial charge in [-0.2, -0.15) is 5.10 Å².